The van der Waals surface area contributed by atoms with Crippen LogP contribution in [-0.4, -0.2) is 69.6 Å². The van der Waals surface area contributed by atoms with E-state index in [1.54, 1.807) is 11.5 Å². The number of amides is 1. The second-order valence-corrected chi connectivity index (χ2v) is 13.9. The number of carbonyl (C=O) groups is 1. The van der Waals surface area contributed by atoms with Gasteiger partial charge in [0, 0.05) is 36.2 Å². The van der Waals surface area contributed by atoms with Gasteiger partial charge in [-0.1, -0.05) is 42.0 Å². The zero-order valence-corrected chi connectivity index (χ0v) is 27.8. The lowest BCUT2D eigenvalue weighted by atomic mass is 9.72. The van der Waals surface area contributed by atoms with Crippen LogP contribution in [-0.2, 0) is 28.2 Å². The molecule has 0 bridgehead atoms. The third-order valence-corrected chi connectivity index (χ3v) is 10.7. The van der Waals surface area contributed by atoms with E-state index >= 15 is 0 Å². The van der Waals surface area contributed by atoms with Crippen LogP contribution in [0, 0.1) is 13.8 Å². The highest BCUT2D eigenvalue weighted by Crippen LogP contribution is 2.55. The molecule has 1 saturated carbocycles. The number of nitrogens with one attached hydrogen (secondary N) is 2. The maximum Gasteiger partial charge on any atom is 0.255 e. The first-order chi connectivity index (χ1) is 22.3. The first-order valence-corrected chi connectivity index (χ1v) is 16.3. The number of aryl methyl sites for hydroxylation is 2. The van der Waals surface area contributed by atoms with E-state index in [1.807, 2.05) is 0 Å². The Morgan fingerprint density at radius 1 is 1.00 bits per heavy atom. The molecular weight excluding hydrogens is 594 g/mol. The standard InChI is InChI=1S/C36H43N7O4/c1-22-11-12-23(2)25(17-22)19-42-18-24(27-9-7-8-10-28(27)42)15-16-37-30-29-31(39-20-38-30)43(21-40-29)36(6)35(5,46)34(4,45)33(3,47-36)32(44)41-26-13-14-26/h7-12,17-18,20-21,26,45-46H,13-16,19H2,1-6H3,(H,41,44)(H,37,38,39). The molecule has 1 amide bonds. The van der Waals surface area contributed by atoms with Crippen molar-refractivity contribution >= 4 is 33.8 Å². The monoisotopic (exact) mass is 637 g/mol. The summed E-state index contributed by atoms with van der Waals surface area (Å²) in [5, 5.41) is 31.2. The Labute approximate surface area is 274 Å². The fourth-order valence-corrected chi connectivity index (χ4v) is 7.01. The summed E-state index contributed by atoms with van der Waals surface area (Å²) in [6, 6.07) is 15.1. The Bertz CT molecular complexity index is 2010. The summed E-state index contributed by atoms with van der Waals surface area (Å²) in [7, 11) is 0. The fourth-order valence-electron chi connectivity index (χ4n) is 7.01. The molecule has 4 atom stereocenters. The van der Waals surface area contributed by atoms with Crippen LogP contribution in [0.5, 0.6) is 0 Å². The van der Waals surface area contributed by atoms with Crippen molar-refractivity contribution in [3.05, 3.63) is 83.6 Å². The minimum Gasteiger partial charge on any atom is -0.383 e. The molecule has 1 saturated heterocycles. The van der Waals surface area contributed by atoms with Crippen LogP contribution in [0.2, 0.25) is 0 Å². The number of fused-ring (bicyclic) bond motifs is 2. The fraction of sp³-hybridized carbons (Fsp3) is 0.444. The lowest BCUT2D eigenvalue weighted by Crippen LogP contribution is -2.65. The number of hydrogen-bond acceptors (Lipinski definition) is 8. The molecule has 246 valence electrons. The third kappa shape index (κ3) is 4.82. The molecular formula is C36H43N7O4. The first kappa shape index (κ1) is 31.3. The van der Waals surface area contributed by atoms with E-state index in [2.05, 4.69) is 92.7 Å². The van der Waals surface area contributed by atoms with Gasteiger partial charge in [0.15, 0.2) is 28.3 Å². The van der Waals surface area contributed by atoms with Crippen molar-refractivity contribution in [3.63, 3.8) is 0 Å². The lowest BCUT2D eigenvalue weighted by Gasteiger charge is -2.42. The van der Waals surface area contributed by atoms with Crippen LogP contribution in [0.1, 0.15) is 62.8 Å². The molecule has 5 aromatic rings. The van der Waals surface area contributed by atoms with Gasteiger partial charge in [-0.3, -0.25) is 9.36 Å². The van der Waals surface area contributed by atoms with Gasteiger partial charge >= 0.3 is 0 Å². The molecule has 2 fully saturated rings. The molecule has 0 spiro atoms. The highest BCUT2D eigenvalue weighted by atomic mass is 16.6. The normalized spacial score (nSPS) is 27.5. The quantitative estimate of drug-likeness (QED) is 0.187. The number of anilines is 1. The van der Waals surface area contributed by atoms with Crippen molar-refractivity contribution < 1.29 is 19.7 Å². The molecule has 4 N–H and O–H groups in total. The Hall–Kier alpha value is -4.32. The SMILES string of the molecule is Cc1ccc(C)c(Cn2cc(CCNc3ncnc4c3ncn4C3(C)OC(C)(C(=O)NC4CC4)C(C)(O)C3(C)O)c3ccccc32)c1. The van der Waals surface area contributed by atoms with Crippen molar-refractivity contribution in [2.24, 2.45) is 0 Å². The van der Waals surface area contributed by atoms with Crippen molar-refractivity contribution in [1.29, 1.82) is 0 Å². The minimum absolute atomic E-state index is 0.0554. The first-order valence-electron chi connectivity index (χ1n) is 16.3. The van der Waals surface area contributed by atoms with Crippen LogP contribution in [0.25, 0.3) is 22.1 Å². The average Bonchev–Trinajstić information content (AvgIpc) is 3.60. The number of para-hydroxylation sites is 1. The number of ether oxygens (including phenoxy) is 1. The highest BCUT2D eigenvalue weighted by molar-refractivity contribution is 5.88. The maximum atomic E-state index is 13.4. The highest BCUT2D eigenvalue weighted by Gasteiger charge is 2.75. The van der Waals surface area contributed by atoms with Gasteiger partial charge in [0.25, 0.3) is 5.91 Å². The summed E-state index contributed by atoms with van der Waals surface area (Å²) in [6.45, 7) is 11.7. The molecule has 2 aromatic carbocycles. The number of nitrogens with zero attached hydrogens (tertiary/aromatic N) is 5. The summed E-state index contributed by atoms with van der Waals surface area (Å²) in [5.74, 6) is 0.0703. The van der Waals surface area contributed by atoms with Gasteiger partial charge in [0.05, 0.1) is 6.33 Å². The number of hydrogen-bond donors (Lipinski definition) is 4. The molecule has 3 aromatic heterocycles. The van der Waals surface area contributed by atoms with Crippen molar-refractivity contribution in [2.75, 3.05) is 11.9 Å². The third-order valence-electron chi connectivity index (χ3n) is 10.7. The van der Waals surface area contributed by atoms with Crippen LogP contribution in [0.4, 0.5) is 5.82 Å². The molecule has 4 unspecified atom stereocenters. The zero-order valence-electron chi connectivity index (χ0n) is 27.8. The minimum atomic E-state index is -1.95. The molecule has 2 aliphatic rings. The topological polar surface area (TPSA) is 139 Å². The number of rotatable bonds is 9. The number of imidazole rings is 1. The predicted octanol–water partition coefficient (Wildman–Crippen LogP) is 4.34. The Balaban J connectivity index is 1.14. The number of aromatic nitrogens is 5. The van der Waals surface area contributed by atoms with Gasteiger partial charge in [0.2, 0.25) is 0 Å². The van der Waals surface area contributed by atoms with E-state index in [0.29, 0.717) is 23.5 Å². The van der Waals surface area contributed by atoms with E-state index in [4.69, 9.17) is 4.74 Å². The molecule has 4 heterocycles. The van der Waals surface area contributed by atoms with E-state index < -0.39 is 28.4 Å². The molecule has 1 aliphatic carbocycles. The zero-order chi connectivity index (χ0) is 33.4. The van der Waals surface area contributed by atoms with Gasteiger partial charge in [-0.05, 0) is 83.6 Å². The Morgan fingerprint density at radius 2 is 1.77 bits per heavy atom. The number of aliphatic hydroxyl groups is 2. The van der Waals surface area contributed by atoms with Gasteiger partial charge < -0.3 is 30.2 Å². The van der Waals surface area contributed by atoms with Crippen LogP contribution < -0.4 is 10.6 Å². The lowest BCUT2D eigenvalue weighted by molar-refractivity contribution is -0.191. The predicted molar refractivity (Wildman–Crippen MR) is 180 cm³/mol. The van der Waals surface area contributed by atoms with Crippen molar-refractivity contribution in [3.8, 4) is 0 Å². The van der Waals surface area contributed by atoms with E-state index in [0.717, 1.165) is 25.8 Å². The maximum absolute atomic E-state index is 13.4. The van der Waals surface area contributed by atoms with Crippen LogP contribution in [0.3, 0.4) is 0 Å². The van der Waals surface area contributed by atoms with Crippen molar-refractivity contribution in [2.45, 2.75) is 95.9 Å². The van der Waals surface area contributed by atoms with Gasteiger partial charge in [-0.2, -0.15) is 0 Å². The van der Waals surface area contributed by atoms with Crippen molar-refractivity contribution in [1.82, 2.24) is 29.4 Å². The molecule has 11 heteroatoms. The van der Waals surface area contributed by atoms with Gasteiger partial charge in [-0.15, -0.1) is 0 Å². The summed E-state index contributed by atoms with van der Waals surface area (Å²) in [6.07, 6.45) is 7.70. The molecule has 47 heavy (non-hydrogen) atoms. The number of carbonyl (C=O) groups excluding carboxylic acids is 1. The number of benzene rings is 2. The van der Waals surface area contributed by atoms with E-state index in [1.165, 1.54) is 66.6 Å². The van der Waals surface area contributed by atoms with Gasteiger partial charge in [0.1, 0.15) is 17.5 Å². The summed E-state index contributed by atoms with van der Waals surface area (Å²) >= 11 is 0. The Kier molecular flexibility index (Phi) is 7.23. The summed E-state index contributed by atoms with van der Waals surface area (Å²) < 4.78 is 10.3. The second-order valence-electron chi connectivity index (χ2n) is 13.9. The van der Waals surface area contributed by atoms with Gasteiger partial charge in [-0.25, -0.2) is 15.0 Å². The Morgan fingerprint density at radius 3 is 2.53 bits per heavy atom. The molecule has 11 nitrogen and oxygen atoms in total. The summed E-state index contributed by atoms with van der Waals surface area (Å²) in [4.78, 5) is 27.0. The average molecular weight is 638 g/mol. The second kappa shape index (κ2) is 10.9. The summed E-state index contributed by atoms with van der Waals surface area (Å²) in [5.41, 5.74) is -0.0571. The molecule has 1 aliphatic heterocycles. The van der Waals surface area contributed by atoms with Crippen LogP contribution in [0.15, 0.2) is 61.3 Å². The van der Waals surface area contributed by atoms with E-state index in [9.17, 15) is 15.0 Å². The smallest absolute Gasteiger partial charge is 0.255 e. The molecule has 0 radical (unpaired) electrons. The molecule has 7 rings (SSSR count). The largest absolute Gasteiger partial charge is 0.383 e. The van der Waals surface area contributed by atoms with Crippen LogP contribution >= 0.6 is 0 Å². The van der Waals surface area contributed by atoms with E-state index in [-0.39, 0.29) is 6.04 Å².